The predicted molar refractivity (Wildman–Crippen MR) is 61.5 cm³/mol. The Balaban J connectivity index is 4.52. The van der Waals surface area contributed by atoms with Crippen LogP contribution in [0.1, 0.15) is 6.92 Å². The van der Waals surface area contributed by atoms with Crippen LogP contribution in [0.25, 0.3) is 0 Å². The minimum absolute atomic E-state index is 0.0253. The third kappa shape index (κ3) is 6.03. The van der Waals surface area contributed by atoms with E-state index in [2.05, 4.69) is 14.8 Å². The number of Topliss-reactive ketones (excluding diaryl/α,β-unsaturated/α-hetero) is 1. The van der Waals surface area contributed by atoms with Gasteiger partial charge >= 0.3 is 5.97 Å². The molecule has 0 aromatic rings. The number of carbonyl (C=O) groups excluding carboxylic acids is 2. The first-order valence-electron chi connectivity index (χ1n) is 5.13. The van der Waals surface area contributed by atoms with Gasteiger partial charge in [0.1, 0.15) is 12.2 Å². The smallest absolute Gasteiger partial charge is 0.343 e. The van der Waals surface area contributed by atoms with Gasteiger partial charge in [0, 0.05) is 27.0 Å². The number of hydrogen-bond acceptors (Lipinski definition) is 6. The Bertz CT molecular complexity index is 288. The van der Waals surface area contributed by atoms with Gasteiger partial charge in [-0.3, -0.25) is 4.79 Å². The van der Waals surface area contributed by atoms with Crippen molar-refractivity contribution in [2.24, 2.45) is 0 Å². The number of esters is 1. The zero-order chi connectivity index (χ0) is 13.3. The maximum absolute atomic E-state index is 11.5. The Morgan fingerprint density at radius 1 is 1.29 bits per heavy atom. The van der Waals surface area contributed by atoms with E-state index in [1.165, 1.54) is 20.4 Å². The summed E-state index contributed by atoms with van der Waals surface area (Å²) < 4.78 is 14.2. The molecule has 1 atom stereocenters. The molecule has 0 aliphatic carbocycles. The molecule has 0 saturated heterocycles. The predicted octanol–water partition coefficient (Wildman–Crippen LogP) is -0.117. The Kier molecular flexibility index (Phi) is 8.00. The zero-order valence-corrected chi connectivity index (χ0v) is 10.6. The van der Waals surface area contributed by atoms with Crippen molar-refractivity contribution in [2.75, 3.05) is 34.5 Å². The highest BCUT2D eigenvalue weighted by Crippen LogP contribution is 1.99. The van der Waals surface area contributed by atoms with Crippen LogP contribution >= 0.6 is 0 Å². The van der Waals surface area contributed by atoms with Gasteiger partial charge in [0.25, 0.3) is 0 Å². The maximum Gasteiger partial charge on any atom is 0.343 e. The summed E-state index contributed by atoms with van der Waals surface area (Å²) >= 11 is 0. The molecule has 0 radical (unpaired) electrons. The van der Waals surface area contributed by atoms with Gasteiger partial charge in [0.15, 0.2) is 5.78 Å². The minimum Gasteiger partial charge on any atom is -0.465 e. The van der Waals surface area contributed by atoms with Crippen LogP contribution in [-0.4, -0.2) is 52.3 Å². The Hall–Kier alpha value is -1.40. The number of hydrogen-bond donors (Lipinski definition) is 1. The molecule has 0 fully saturated rings. The SMILES string of the molecule is COCC(=O)/C(=C/NCC(C)OC)C(=O)OC. The van der Waals surface area contributed by atoms with Crippen molar-refractivity contribution in [1.29, 1.82) is 0 Å². The van der Waals surface area contributed by atoms with Crippen molar-refractivity contribution in [3.8, 4) is 0 Å². The molecule has 0 spiro atoms. The topological polar surface area (TPSA) is 73.9 Å². The molecule has 0 heterocycles. The lowest BCUT2D eigenvalue weighted by Crippen LogP contribution is -2.26. The highest BCUT2D eigenvalue weighted by Gasteiger charge is 2.18. The minimum atomic E-state index is -0.690. The van der Waals surface area contributed by atoms with E-state index in [9.17, 15) is 9.59 Å². The summed E-state index contributed by atoms with van der Waals surface area (Å²) in [5.74, 6) is -1.12. The van der Waals surface area contributed by atoms with Crippen molar-refractivity contribution < 1.29 is 23.8 Å². The monoisotopic (exact) mass is 245 g/mol. The van der Waals surface area contributed by atoms with Crippen LogP contribution in [0, 0.1) is 0 Å². The van der Waals surface area contributed by atoms with E-state index in [4.69, 9.17) is 4.74 Å². The Morgan fingerprint density at radius 3 is 2.41 bits per heavy atom. The number of carbonyl (C=O) groups is 2. The lowest BCUT2D eigenvalue weighted by atomic mass is 10.2. The molecule has 6 heteroatoms. The van der Waals surface area contributed by atoms with Gasteiger partial charge in [0.2, 0.25) is 0 Å². The molecule has 0 saturated carbocycles. The molecule has 0 aromatic carbocycles. The number of rotatable bonds is 8. The number of ketones is 1. The molecule has 98 valence electrons. The molecule has 0 aromatic heterocycles. The van der Waals surface area contributed by atoms with E-state index in [0.29, 0.717) is 6.54 Å². The molecule has 0 aliphatic heterocycles. The van der Waals surface area contributed by atoms with Crippen molar-refractivity contribution >= 4 is 11.8 Å². The first-order valence-corrected chi connectivity index (χ1v) is 5.13. The summed E-state index contributed by atoms with van der Waals surface area (Å²) in [6.07, 6.45) is 1.30. The molecule has 0 amide bonds. The van der Waals surface area contributed by atoms with Crippen LogP contribution < -0.4 is 5.32 Å². The lowest BCUT2D eigenvalue weighted by Gasteiger charge is -2.10. The maximum atomic E-state index is 11.5. The van der Waals surface area contributed by atoms with E-state index in [1.54, 1.807) is 7.11 Å². The molecule has 0 aliphatic rings. The second-order valence-corrected chi connectivity index (χ2v) is 3.36. The molecular formula is C11H19NO5. The standard InChI is InChI=1S/C11H19NO5/c1-8(16-3)5-12-6-9(11(14)17-4)10(13)7-15-2/h6,8,12H,5,7H2,1-4H3/b9-6-. The normalized spacial score (nSPS) is 13.1. The molecule has 1 N–H and O–H groups in total. The van der Waals surface area contributed by atoms with Crippen molar-refractivity contribution in [2.45, 2.75) is 13.0 Å². The van der Waals surface area contributed by atoms with E-state index in [1.807, 2.05) is 6.92 Å². The van der Waals surface area contributed by atoms with E-state index < -0.39 is 11.8 Å². The second kappa shape index (κ2) is 8.72. The molecular weight excluding hydrogens is 226 g/mol. The van der Waals surface area contributed by atoms with Crippen LogP contribution in [-0.2, 0) is 23.8 Å². The van der Waals surface area contributed by atoms with Gasteiger partial charge in [-0.15, -0.1) is 0 Å². The molecule has 6 nitrogen and oxygen atoms in total. The van der Waals surface area contributed by atoms with Crippen molar-refractivity contribution in [1.82, 2.24) is 5.32 Å². The van der Waals surface area contributed by atoms with Crippen LogP contribution in [0.3, 0.4) is 0 Å². The summed E-state index contributed by atoms with van der Waals surface area (Å²) in [6.45, 7) is 2.18. The van der Waals surface area contributed by atoms with Gasteiger partial charge < -0.3 is 19.5 Å². The average molecular weight is 245 g/mol. The van der Waals surface area contributed by atoms with Gasteiger partial charge in [-0.2, -0.15) is 0 Å². The largest absolute Gasteiger partial charge is 0.465 e. The van der Waals surface area contributed by atoms with E-state index >= 15 is 0 Å². The third-order valence-electron chi connectivity index (χ3n) is 2.04. The average Bonchev–Trinajstić information content (AvgIpc) is 2.33. The fourth-order valence-corrected chi connectivity index (χ4v) is 0.982. The summed E-state index contributed by atoms with van der Waals surface area (Å²) in [7, 11) is 4.18. The summed E-state index contributed by atoms with van der Waals surface area (Å²) in [5, 5.41) is 2.83. The van der Waals surface area contributed by atoms with Crippen LogP contribution in [0.5, 0.6) is 0 Å². The molecule has 1 unspecified atom stereocenters. The van der Waals surface area contributed by atoms with Crippen molar-refractivity contribution in [3.05, 3.63) is 11.8 Å². The number of methoxy groups -OCH3 is 3. The number of nitrogens with one attached hydrogen (secondary N) is 1. The molecule has 0 rings (SSSR count). The van der Waals surface area contributed by atoms with Crippen LogP contribution in [0.2, 0.25) is 0 Å². The fourth-order valence-electron chi connectivity index (χ4n) is 0.982. The van der Waals surface area contributed by atoms with Gasteiger partial charge in [-0.05, 0) is 6.92 Å². The summed E-state index contributed by atoms with van der Waals surface area (Å²) in [5.41, 5.74) is -0.0716. The fraction of sp³-hybridized carbons (Fsp3) is 0.636. The Morgan fingerprint density at radius 2 is 1.94 bits per heavy atom. The van der Waals surface area contributed by atoms with E-state index in [0.717, 1.165) is 0 Å². The summed E-state index contributed by atoms with van der Waals surface area (Å²) in [6, 6.07) is 0. The third-order valence-corrected chi connectivity index (χ3v) is 2.04. The number of ether oxygens (including phenoxy) is 3. The first-order chi connectivity index (χ1) is 8.06. The summed E-state index contributed by atoms with van der Waals surface area (Å²) in [4.78, 5) is 22.9. The first kappa shape index (κ1) is 15.6. The van der Waals surface area contributed by atoms with Gasteiger partial charge in [-0.25, -0.2) is 4.79 Å². The van der Waals surface area contributed by atoms with Crippen LogP contribution in [0.15, 0.2) is 11.8 Å². The zero-order valence-electron chi connectivity index (χ0n) is 10.6. The highest BCUT2D eigenvalue weighted by atomic mass is 16.5. The van der Waals surface area contributed by atoms with Crippen LogP contribution in [0.4, 0.5) is 0 Å². The highest BCUT2D eigenvalue weighted by molar-refractivity contribution is 6.17. The van der Waals surface area contributed by atoms with E-state index in [-0.39, 0.29) is 18.3 Å². The van der Waals surface area contributed by atoms with Gasteiger partial charge in [-0.1, -0.05) is 0 Å². The molecule has 0 bridgehead atoms. The lowest BCUT2D eigenvalue weighted by molar-refractivity contribution is -0.138. The Labute approximate surface area is 101 Å². The molecule has 17 heavy (non-hydrogen) atoms. The van der Waals surface area contributed by atoms with Gasteiger partial charge in [0.05, 0.1) is 13.2 Å². The van der Waals surface area contributed by atoms with Crippen molar-refractivity contribution in [3.63, 3.8) is 0 Å². The quantitative estimate of drug-likeness (QED) is 0.278. The second-order valence-electron chi connectivity index (χ2n) is 3.36.